The molecule has 1 aliphatic rings. The van der Waals surface area contributed by atoms with Crippen LogP contribution < -0.4 is 0 Å². The fraction of sp³-hybridized carbons (Fsp3) is 0.526. The fourth-order valence-electron chi connectivity index (χ4n) is 3.49. The van der Waals surface area contributed by atoms with Gasteiger partial charge in [-0.25, -0.2) is 8.42 Å². The molecule has 9 heteroatoms. The second-order valence-electron chi connectivity index (χ2n) is 7.36. The molecule has 0 N–H and O–H groups in total. The van der Waals surface area contributed by atoms with Crippen LogP contribution >= 0.6 is 0 Å². The summed E-state index contributed by atoms with van der Waals surface area (Å²) in [5.41, 5.74) is -1.06. The lowest BCUT2D eigenvalue weighted by molar-refractivity contribution is -0.137. The lowest BCUT2D eigenvalue weighted by Crippen LogP contribution is -2.48. The number of halogens is 3. The van der Waals surface area contributed by atoms with Crippen molar-refractivity contribution in [3.05, 3.63) is 42.5 Å². The monoisotopic (exact) mass is 418 g/mol. The molecule has 0 radical (unpaired) electrons. The Labute approximate surface area is 163 Å². The molecule has 1 fully saturated rings. The molecule has 1 saturated heterocycles. The molecule has 2 atom stereocenters. The third-order valence-corrected chi connectivity index (χ3v) is 6.47. The van der Waals surface area contributed by atoms with Gasteiger partial charge in [-0.2, -0.15) is 17.5 Å². The first-order valence-electron chi connectivity index (χ1n) is 9.01. The number of rotatable bonds is 6. The van der Waals surface area contributed by atoms with Gasteiger partial charge < -0.3 is 4.90 Å². The zero-order valence-electron chi connectivity index (χ0n) is 15.9. The van der Waals surface area contributed by atoms with E-state index in [2.05, 4.69) is 6.58 Å². The molecule has 0 saturated carbocycles. The van der Waals surface area contributed by atoms with Crippen molar-refractivity contribution >= 4 is 15.9 Å². The Morgan fingerprint density at radius 1 is 1.29 bits per heavy atom. The number of alkyl halides is 3. The maximum atomic E-state index is 12.9. The van der Waals surface area contributed by atoms with Crippen LogP contribution in [0.1, 0.15) is 25.8 Å². The van der Waals surface area contributed by atoms with Crippen LogP contribution in [0.25, 0.3) is 0 Å². The Kier molecular flexibility index (Phi) is 6.93. The highest BCUT2D eigenvalue weighted by atomic mass is 32.2. The molecule has 1 heterocycles. The van der Waals surface area contributed by atoms with E-state index in [1.54, 1.807) is 4.90 Å². The van der Waals surface area contributed by atoms with Crippen molar-refractivity contribution in [1.29, 1.82) is 0 Å². The first-order valence-corrected chi connectivity index (χ1v) is 10.4. The molecule has 0 bridgehead atoms. The maximum Gasteiger partial charge on any atom is 0.416 e. The average molecular weight is 418 g/mol. The second-order valence-corrected chi connectivity index (χ2v) is 9.29. The fourth-order valence-corrected chi connectivity index (χ4v) is 4.90. The minimum Gasteiger partial charge on any atom is -0.341 e. The molecule has 2 rings (SSSR count). The van der Waals surface area contributed by atoms with Gasteiger partial charge in [0.2, 0.25) is 15.9 Å². The van der Waals surface area contributed by atoms with Crippen LogP contribution in [-0.2, 0) is 21.0 Å². The molecule has 0 spiro atoms. The molecular weight excluding hydrogens is 393 g/mol. The first kappa shape index (κ1) is 22.4. The van der Waals surface area contributed by atoms with Gasteiger partial charge >= 0.3 is 6.18 Å². The minimum absolute atomic E-state index is 0.177. The molecule has 1 aliphatic heterocycles. The molecule has 2 unspecified atom stereocenters. The van der Waals surface area contributed by atoms with Gasteiger partial charge in [0.1, 0.15) is 0 Å². The predicted octanol–water partition coefficient (Wildman–Crippen LogP) is 3.39. The van der Waals surface area contributed by atoms with Crippen molar-refractivity contribution < 1.29 is 26.4 Å². The van der Waals surface area contributed by atoms with Crippen LogP contribution in [0.2, 0.25) is 0 Å². The van der Waals surface area contributed by atoms with Crippen molar-refractivity contribution in [1.82, 2.24) is 9.21 Å². The summed E-state index contributed by atoms with van der Waals surface area (Å²) >= 11 is 0. The van der Waals surface area contributed by atoms with Crippen molar-refractivity contribution in [3.63, 3.8) is 0 Å². The number of sulfonamides is 1. The number of benzene rings is 1. The molecule has 1 aromatic rings. The van der Waals surface area contributed by atoms with E-state index in [9.17, 15) is 26.4 Å². The van der Waals surface area contributed by atoms with E-state index in [1.165, 1.54) is 6.08 Å². The Balaban J connectivity index is 2.27. The van der Waals surface area contributed by atoms with E-state index in [1.807, 2.05) is 13.8 Å². The molecule has 1 amide bonds. The minimum atomic E-state index is -4.66. The number of carbonyl (C=O) groups excluding carboxylic acids is 1. The van der Waals surface area contributed by atoms with Gasteiger partial charge in [0.15, 0.2) is 0 Å². The predicted molar refractivity (Wildman–Crippen MR) is 99.9 cm³/mol. The summed E-state index contributed by atoms with van der Waals surface area (Å²) in [5, 5.41) is 0. The summed E-state index contributed by atoms with van der Waals surface area (Å²) in [6, 6.07) is 3.52. The van der Waals surface area contributed by atoms with Gasteiger partial charge in [-0.1, -0.05) is 26.0 Å². The number of hydrogen-bond donors (Lipinski definition) is 0. The number of likely N-dealkylation sites (tertiary alicyclic amines) is 1. The number of nitrogens with zero attached hydrogens (tertiary/aromatic N) is 2. The standard InChI is InChI=1S/C19H25F3N2O3S/c1-4-8-24(13-18(25)23-11-14(2)9-15(3)12-23)28(26,27)17-7-5-6-16(10-17)19(20,21)22/h4-7,10,14-15H,1,8-9,11-13H2,2-3H3. The van der Waals surface area contributed by atoms with E-state index in [0.29, 0.717) is 31.0 Å². The summed E-state index contributed by atoms with van der Waals surface area (Å²) < 4.78 is 65.5. The molecule has 0 aliphatic carbocycles. The molecule has 156 valence electrons. The van der Waals surface area contributed by atoms with Crippen molar-refractivity contribution in [2.45, 2.75) is 31.3 Å². The van der Waals surface area contributed by atoms with Crippen LogP contribution in [0.15, 0.2) is 41.8 Å². The van der Waals surface area contributed by atoms with Crippen LogP contribution in [0.4, 0.5) is 13.2 Å². The average Bonchev–Trinajstić information content (AvgIpc) is 2.59. The van der Waals surface area contributed by atoms with Gasteiger partial charge in [-0.05, 0) is 36.5 Å². The van der Waals surface area contributed by atoms with Crippen molar-refractivity contribution in [2.75, 3.05) is 26.2 Å². The van der Waals surface area contributed by atoms with E-state index >= 15 is 0 Å². The van der Waals surface area contributed by atoms with Crippen molar-refractivity contribution in [3.8, 4) is 0 Å². The Morgan fingerprint density at radius 2 is 1.89 bits per heavy atom. The molecule has 28 heavy (non-hydrogen) atoms. The zero-order valence-corrected chi connectivity index (χ0v) is 16.8. The molecule has 1 aromatic carbocycles. The number of hydrogen-bond acceptors (Lipinski definition) is 3. The van der Waals surface area contributed by atoms with Crippen LogP contribution in [0.3, 0.4) is 0 Å². The lowest BCUT2D eigenvalue weighted by Gasteiger charge is -2.36. The topological polar surface area (TPSA) is 57.7 Å². The normalized spacial score (nSPS) is 21.0. The summed E-state index contributed by atoms with van der Waals surface area (Å²) in [5.74, 6) is 0.247. The first-order chi connectivity index (χ1) is 12.9. The Morgan fingerprint density at radius 3 is 2.43 bits per heavy atom. The van der Waals surface area contributed by atoms with Crippen LogP contribution in [-0.4, -0.2) is 49.7 Å². The van der Waals surface area contributed by atoms with E-state index in [0.717, 1.165) is 28.9 Å². The number of carbonyl (C=O) groups is 1. The highest BCUT2D eigenvalue weighted by molar-refractivity contribution is 7.89. The van der Waals surface area contributed by atoms with Crippen LogP contribution in [0.5, 0.6) is 0 Å². The van der Waals surface area contributed by atoms with Gasteiger partial charge in [-0.15, -0.1) is 6.58 Å². The SMILES string of the molecule is C=CCN(CC(=O)N1CC(C)CC(C)C1)S(=O)(=O)c1cccc(C(F)(F)F)c1. The molecule has 5 nitrogen and oxygen atoms in total. The summed E-state index contributed by atoms with van der Waals surface area (Å²) in [7, 11) is -4.29. The summed E-state index contributed by atoms with van der Waals surface area (Å²) in [6.45, 7) is 8.00. The summed E-state index contributed by atoms with van der Waals surface area (Å²) in [4.78, 5) is 13.8. The highest BCUT2D eigenvalue weighted by Gasteiger charge is 2.34. The smallest absolute Gasteiger partial charge is 0.341 e. The van der Waals surface area contributed by atoms with Gasteiger partial charge in [0.25, 0.3) is 0 Å². The maximum absolute atomic E-state index is 12.9. The highest BCUT2D eigenvalue weighted by Crippen LogP contribution is 2.31. The summed E-state index contributed by atoms with van der Waals surface area (Å²) in [6.07, 6.45) is -2.37. The third kappa shape index (κ3) is 5.35. The number of amides is 1. The quantitative estimate of drug-likeness (QED) is 0.666. The van der Waals surface area contributed by atoms with Crippen molar-refractivity contribution in [2.24, 2.45) is 11.8 Å². The van der Waals surface area contributed by atoms with Crippen LogP contribution in [0, 0.1) is 11.8 Å². The largest absolute Gasteiger partial charge is 0.416 e. The third-order valence-electron chi connectivity index (χ3n) is 4.67. The van der Waals surface area contributed by atoms with Gasteiger partial charge in [-0.3, -0.25) is 4.79 Å². The zero-order chi connectivity index (χ0) is 21.1. The van der Waals surface area contributed by atoms with Gasteiger partial charge in [0, 0.05) is 19.6 Å². The Hall–Kier alpha value is -1.87. The molecular formula is C19H25F3N2O3S. The Bertz CT molecular complexity index is 814. The van der Waals surface area contributed by atoms with E-state index in [4.69, 9.17) is 0 Å². The van der Waals surface area contributed by atoms with Gasteiger partial charge in [0.05, 0.1) is 17.0 Å². The molecule has 0 aromatic heterocycles. The lowest BCUT2D eigenvalue weighted by atomic mass is 9.92. The van der Waals surface area contributed by atoms with E-state index in [-0.39, 0.29) is 12.5 Å². The number of piperidine rings is 1. The van der Waals surface area contributed by atoms with E-state index < -0.39 is 33.2 Å². The second kappa shape index (κ2) is 8.65.